The monoisotopic (exact) mass is 900 g/mol. The molecule has 12 N–H and O–H groups in total. The number of rotatable bonds is 6. The van der Waals surface area contributed by atoms with Gasteiger partial charge in [0.05, 0.1) is 0 Å². The molecule has 33 heteroatoms. The molecule has 0 aromatic carbocycles. The number of carbonyl (C=O) groups is 6. The molecule has 0 rings (SSSR count). The van der Waals surface area contributed by atoms with Crippen LogP contribution >= 0.6 is 0 Å². The van der Waals surface area contributed by atoms with Crippen LogP contribution in [-0.2, 0) is 28.8 Å². The van der Waals surface area contributed by atoms with Crippen molar-refractivity contribution in [2.24, 2.45) is 0 Å². The summed E-state index contributed by atoms with van der Waals surface area (Å²) < 4.78 is 0. The Kier molecular flexibility index (Phi) is 269. The Balaban J connectivity index is -0.0000000105. The Hall–Kier alpha value is 11.6. The molecule has 51 heavy (non-hydrogen) atoms. The molecule has 0 saturated carbocycles. The van der Waals surface area contributed by atoms with E-state index < -0.39 is 72.4 Å². The van der Waals surface area contributed by atoms with Gasteiger partial charge in [-0.1, -0.05) is 0 Å². The summed E-state index contributed by atoms with van der Waals surface area (Å²) in [5.41, 5.74) is 0. The first kappa shape index (κ1) is 137. The molecule has 0 bridgehead atoms. The number of carboxylic acid groups (broad SMARTS) is 6. The van der Waals surface area contributed by atoms with Crippen LogP contribution in [0, 0.1) is 0 Å². The molecular weight excluding hydrogens is 849 g/mol. The van der Waals surface area contributed by atoms with Crippen molar-refractivity contribution in [3.63, 3.8) is 0 Å². The normalized spacial score (nSPS) is 9.65. The van der Waals surface area contributed by atoms with Gasteiger partial charge in [0.2, 0.25) is 0 Å². The number of hydrogen-bond donors (Lipinski definition) is 12. The zero-order valence-corrected chi connectivity index (χ0v) is 20.3. The summed E-state index contributed by atoms with van der Waals surface area (Å²) in [6.45, 7) is 7.18. The molecule has 0 saturated heterocycles. The SMILES string of the molecule is CC(O)C(=O)O.CC(O)C(=O)O.CC(O)C(=O)O.CC(O)C(=O)O.CC(O)C(=O)O.CC(O)C(=O)O.[NaH].[NaH].[NaH].[NaH].[NaH].[NaH].[NaH].[NaH].[NaH].[NaH].[NaH].[NaH].[NaH].[NaH].[NaH]. The fourth-order valence-electron chi connectivity index (χ4n) is 0. The van der Waals surface area contributed by atoms with Crippen molar-refractivity contribution >= 4 is 479 Å². The van der Waals surface area contributed by atoms with Gasteiger partial charge in [0.25, 0.3) is 0 Å². The predicted octanol–water partition coefficient (Wildman–Crippen LogP) is -13.0. The van der Waals surface area contributed by atoms with Crippen molar-refractivity contribution in [3.05, 3.63) is 0 Å². The Bertz CT molecular complexity index is 527. The first-order valence-corrected chi connectivity index (χ1v) is 9.31. The van der Waals surface area contributed by atoms with Crippen LogP contribution in [0.25, 0.3) is 0 Å². The molecule has 18 nitrogen and oxygen atoms in total. The summed E-state index contributed by atoms with van der Waals surface area (Å²) in [6, 6.07) is 0. The van der Waals surface area contributed by atoms with Crippen molar-refractivity contribution in [3.8, 4) is 0 Å². The molecule has 0 aromatic heterocycles. The molecule has 6 unspecified atom stereocenters. The van der Waals surface area contributed by atoms with Crippen LogP contribution in [0.3, 0.4) is 0 Å². The van der Waals surface area contributed by atoms with Gasteiger partial charge < -0.3 is 61.3 Å². The van der Waals surface area contributed by atoms with Crippen molar-refractivity contribution in [1.82, 2.24) is 0 Å². The topological polar surface area (TPSA) is 345 Å². The van der Waals surface area contributed by atoms with Crippen molar-refractivity contribution in [2.75, 3.05) is 0 Å². The average molecular weight is 900 g/mol. The standard InChI is InChI=1S/6C3H6O3.15Na.15H/c6*1-2(4)3(5)6;;;;;;;;;;;;;;;;;;;;;;;;;;;;;;/h6*2,4H,1H3,(H,5,6);;;;;;;;;;;;;;;;;;;;;;;;;;;;;;. The van der Waals surface area contributed by atoms with Crippen molar-refractivity contribution in [2.45, 2.75) is 78.2 Å². The molecule has 6 atom stereocenters. The minimum absolute atomic E-state index is 0. The number of carboxylic acids is 6. The molecule has 246 valence electrons. The van der Waals surface area contributed by atoms with Crippen LogP contribution in [-0.4, -0.2) is 577 Å². The Morgan fingerprint density at radius 1 is 0.235 bits per heavy atom. The number of aliphatic carboxylic acids is 6. The van der Waals surface area contributed by atoms with Gasteiger partial charge in [-0.25, -0.2) is 28.8 Å². The fourth-order valence-corrected chi connectivity index (χ4v) is 0. The van der Waals surface area contributed by atoms with Crippen molar-refractivity contribution < 1.29 is 90.0 Å². The summed E-state index contributed by atoms with van der Waals surface area (Å²) in [7, 11) is 0. The second-order valence-corrected chi connectivity index (χ2v) is 6.09. The molecule has 0 aliphatic heterocycles. The van der Waals surface area contributed by atoms with E-state index >= 15 is 0 Å². The second kappa shape index (κ2) is 99.8. The maximum absolute atomic E-state index is 9.45. The quantitative estimate of drug-likeness (QED) is 0.110. The molecule has 0 aliphatic rings. The van der Waals surface area contributed by atoms with Gasteiger partial charge in [0.1, 0.15) is 36.6 Å². The van der Waals surface area contributed by atoms with Crippen molar-refractivity contribution in [1.29, 1.82) is 0 Å². The van der Waals surface area contributed by atoms with E-state index in [0.29, 0.717) is 0 Å². The third-order valence-corrected chi connectivity index (χ3v) is 2.14. The van der Waals surface area contributed by atoms with Crippen LogP contribution < -0.4 is 0 Å². The summed E-state index contributed by atoms with van der Waals surface area (Å²) in [6.07, 6.45) is -7.39. The van der Waals surface area contributed by atoms with E-state index in [1.54, 1.807) is 0 Å². The van der Waals surface area contributed by atoms with E-state index in [2.05, 4.69) is 0 Å². The maximum atomic E-state index is 9.45. The van der Waals surface area contributed by atoms with Gasteiger partial charge in [0.15, 0.2) is 0 Å². The van der Waals surface area contributed by atoms with Gasteiger partial charge in [0, 0.05) is 0 Å². The molecular formula is C18H51Na15O18. The van der Waals surface area contributed by atoms with Gasteiger partial charge in [-0.2, -0.15) is 0 Å². The second-order valence-electron chi connectivity index (χ2n) is 6.09. The van der Waals surface area contributed by atoms with Crippen LogP contribution in [0.15, 0.2) is 0 Å². The predicted molar refractivity (Wildman–Crippen MR) is 223 cm³/mol. The molecule has 0 radical (unpaired) electrons. The molecule has 0 aliphatic carbocycles. The summed E-state index contributed by atoms with van der Waals surface area (Å²) in [5, 5.41) is 94.6. The van der Waals surface area contributed by atoms with E-state index in [4.69, 9.17) is 61.3 Å². The summed E-state index contributed by atoms with van der Waals surface area (Å²) >= 11 is 0. The first-order chi connectivity index (χ1) is 15.9. The third-order valence-electron chi connectivity index (χ3n) is 2.14. The van der Waals surface area contributed by atoms with Crippen LogP contribution in [0.2, 0.25) is 0 Å². The summed E-state index contributed by atoms with van der Waals surface area (Å²) in [5.74, 6) is -7.11. The van der Waals surface area contributed by atoms with Gasteiger partial charge in [-0.05, 0) is 41.5 Å². The van der Waals surface area contributed by atoms with E-state index in [9.17, 15) is 28.8 Å². The zero-order valence-electron chi connectivity index (χ0n) is 20.3. The van der Waals surface area contributed by atoms with Gasteiger partial charge in [-0.3, -0.25) is 0 Å². The molecule has 0 spiro atoms. The number of aliphatic hydroxyl groups excluding tert-OH is 6. The van der Waals surface area contributed by atoms with Crippen LogP contribution in [0.5, 0.6) is 0 Å². The molecule has 0 amide bonds. The van der Waals surface area contributed by atoms with Gasteiger partial charge >= 0.3 is 479 Å². The van der Waals surface area contributed by atoms with E-state index in [-0.39, 0.29) is 443 Å². The van der Waals surface area contributed by atoms with Crippen LogP contribution in [0.1, 0.15) is 41.5 Å². The van der Waals surface area contributed by atoms with E-state index in [1.807, 2.05) is 0 Å². The van der Waals surface area contributed by atoms with Crippen LogP contribution in [0.4, 0.5) is 0 Å². The Morgan fingerprint density at radius 3 is 0.255 bits per heavy atom. The molecule has 0 aromatic rings. The average Bonchev–Trinajstić information content (AvgIpc) is 2.69. The summed E-state index contributed by atoms with van der Waals surface area (Å²) in [4.78, 5) is 56.7. The molecule has 0 fully saturated rings. The zero-order chi connectivity index (χ0) is 30.9. The van der Waals surface area contributed by atoms with Gasteiger partial charge in [-0.15, -0.1) is 0 Å². The Labute approximate surface area is 631 Å². The third kappa shape index (κ3) is 173. The molecule has 0 heterocycles. The first-order valence-electron chi connectivity index (χ1n) is 9.31. The van der Waals surface area contributed by atoms with E-state index in [0.717, 1.165) is 0 Å². The fraction of sp³-hybridized carbons (Fsp3) is 0.667. The minimum atomic E-state index is -1.23. The van der Waals surface area contributed by atoms with E-state index in [1.165, 1.54) is 41.5 Å². The number of hydrogen-bond acceptors (Lipinski definition) is 12. The number of aliphatic hydroxyl groups is 6. The Morgan fingerprint density at radius 2 is 0.255 bits per heavy atom.